The molecule has 0 aromatic carbocycles. The lowest BCUT2D eigenvalue weighted by Crippen LogP contribution is -2.29. The molecule has 0 saturated carbocycles. The van der Waals surface area contributed by atoms with Crippen LogP contribution in [-0.2, 0) is 17.7 Å². The van der Waals surface area contributed by atoms with E-state index in [1.165, 1.54) is 0 Å². The lowest BCUT2D eigenvalue weighted by Gasteiger charge is -2.17. The van der Waals surface area contributed by atoms with Crippen molar-refractivity contribution in [1.29, 1.82) is 0 Å². The maximum atomic E-state index is 10.1. The molecule has 96 valence electrons. The lowest BCUT2D eigenvalue weighted by atomic mass is 10.1. The fraction of sp³-hybridized carbons (Fsp3) is 0.833. The summed E-state index contributed by atoms with van der Waals surface area (Å²) in [5.74, 6) is 1.37. The standard InChI is InChI=1S/C12H21N3O2/c1-9(2)7-15-12(13-8-14-15)6-10(16)11-4-3-5-17-11/h8-11,16H,3-7H2,1-2H3. The summed E-state index contributed by atoms with van der Waals surface area (Å²) in [6, 6.07) is 0. The number of nitrogens with zero attached hydrogens (tertiary/aromatic N) is 3. The molecule has 17 heavy (non-hydrogen) atoms. The zero-order chi connectivity index (χ0) is 12.3. The van der Waals surface area contributed by atoms with Crippen molar-refractivity contribution in [3.63, 3.8) is 0 Å². The van der Waals surface area contributed by atoms with E-state index in [4.69, 9.17) is 4.74 Å². The smallest absolute Gasteiger partial charge is 0.138 e. The van der Waals surface area contributed by atoms with E-state index in [0.717, 1.165) is 31.8 Å². The van der Waals surface area contributed by atoms with Crippen LogP contribution in [0.25, 0.3) is 0 Å². The molecule has 1 aromatic heterocycles. The zero-order valence-electron chi connectivity index (χ0n) is 10.5. The van der Waals surface area contributed by atoms with Crippen LogP contribution in [0.1, 0.15) is 32.5 Å². The Morgan fingerprint density at radius 2 is 2.41 bits per heavy atom. The van der Waals surface area contributed by atoms with Crippen LogP contribution in [0.4, 0.5) is 0 Å². The van der Waals surface area contributed by atoms with Crippen LogP contribution >= 0.6 is 0 Å². The van der Waals surface area contributed by atoms with Gasteiger partial charge >= 0.3 is 0 Å². The molecule has 1 N–H and O–H groups in total. The highest BCUT2D eigenvalue weighted by molar-refractivity contribution is 4.90. The summed E-state index contributed by atoms with van der Waals surface area (Å²) >= 11 is 0. The summed E-state index contributed by atoms with van der Waals surface area (Å²) in [6.07, 6.45) is 3.57. The Bertz CT molecular complexity index is 345. The van der Waals surface area contributed by atoms with Crippen molar-refractivity contribution in [2.45, 2.75) is 51.9 Å². The summed E-state index contributed by atoms with van der Waals surface area (Å²) in [5.41, 5.74) is 0. The minimum atomic E-state index is -0.465. The van der Waals surface area contributed by atoms with Gasteiger partial charge in [-0.25, -0.2) is 9.67 Å². The van der Waals surface area contributed by atoms with Crippen molar-refractivity contribution in [2.75, 3.05) is 6.61 Å². The van der Waals surface area contributed by atoms with Crippen molar-refractivity contribution in [2.24, 2.45) is 5.92 Å². The topological polar surface area (TPSA) is 60.2 Å². The van der Waals surface area contributed by atoms with Gasteiger partial charge in [-0.05, 0) is 18.8 Å². The first-order valence-corrected chi connectivity index (χ1v) is 6.33. The van der Waals surface area contributed by atoms with Gasteiger partial charge in [-0.15, -0.1) is 0 Å². The third-order valence-corrected chi connectivity index (χ3v) is 3.02. The number of rotatable bonds is 5. The second-order valence-corrected chi connectivity index (χ2v) is 5.08. The van der Waals surface area contributed by atoms with Gasteiger partial charge in [0, 0.05) is 19.6 Å². The summed E-state index contributed by atoms with van der Waals surface area (Å²) in [4.78, 5) is 4.22. The van der Waals surface area contributed by atoms with Crippen LogP contribution in [0.15, 0.2) is 6.33 Å². The highest BCUT2D eigenvalue weighted by Crippen LogP contribution is 2.18. The van der Waals surface area contributed by atoms with Crippen LogP contribution in [0, 0.1) is 5.92 Å². The molecular weight excluding hydrogens is 218 g/mol. The first-order valence-electron chi connectivity index (χ1n) is 6.33. The summed E-state index contributed by atoms with van der Waals surface area (Å²) in [5, 5.41) is 14.3. The summed E-state index contributed by atoms with van der Waals surface area (Å²) in [7, 11) is 0. The molecule has 0 aliphatic carbocycles. The van der Waals surface area contributed by atoms with E-state index in [0.29, 0.717) is 12.3 Å². The molecule has 2 heterocycles. The Kier molecular flexibility index (Phi) is 4.12. The van der Waals surface area contributed by atoms with E-state index < -0.39 is 6.10 Å². The molecule has 0 bridgehead atoms. The molecule has 1 fully saturated rings. The van der Waals surface area contributed by atoms with E-state index in [9.17, 15) is 5.11 Å². The Balaban J connectivity index is 1.95. The van der Waals surface area contributed by atoms with Gasteiger partial charge in [0.1, 0.15) is 12.2 Å². The number of aromatic nitrogens is 3. The summed E-state index contributed by atoms with van der Waals surface area (Å²) < 4.78 is 7.35. The molecule has 1 saturated heterocycles. The fourth-order valence-electron chi connectivity index (χ4n) is 2.17. The van der Waals surface area contributed by atoms with Crippen molar-refractivity contribution in [1.82, 2.24) is 14.8 Å². The van der Waals surface area contributed by atoms with Gasteiger partial charge in [0.2, 0.25) is 0 Å². The number of aliphatic hydroxyl groups excluding tert-OH is 1. The van der Waals surface area contributed by atoms with Crippen LogP contribution < -0.4 is 0 Å². The van der Waals surface area contributed by atoms with Gasteiger partial charge in [0.15, 0.2) is 0 Å². The van der Waals surface area contributed by atoms with Gasteiger partial charge < -0.3 is 9.84 Å². The molecule has 1 aliphatic heterocycles. The van der Waals surface area contributed by atoms with E-state index in [1.54, 1.807) is 6.33 Å². The Morgan fingerprint density at radius 1 is 1.59 bits per heavy atom. The predicted molar refractivity (Wildman–Crippen MR) is 63.5 cm³/mol. The molecule has 5 nitrogen and oxygen atoms in total. The van der Waals surface area contributed by atoms with E-state index in [2.05, 4.69) is 23.9 Å². The highest BCUT2D eigenvalue weighted by atomic mass is 16.5. The maximum absolute atomic E-state index is 10.1. The van der Waals surface area contributed by atoms with Crippen molar-refractivity contribution in [3.05, 3.63) is 12.2 Å². The average molecular weight is 239 g/mol. The van der Waals surface area contributed by atoms with Gasteiger partial charge in [-0.2, -0.15) is 5.10 Å². The van der Waals surface area contributed by atoms with Crippen LogP contribution in [0.2, 0.25) is 0 Å². The monoisotopic (exact) mass is 239 g/mol. The van der Waals surface area contributed by atoms with Gasteiger partial charge in [-0.1, -0.05) is 13.8 Å². The minimum Gasteiger partial charge on any atom is -0.390 e. The first-order chi connectivity index (χ1) is 8.16. The van der Waals surface area contributed by atoms with Crippen molar-refractivity contribution in [3.8, 4) is 0 Å². The largest absolute Gasteiger partial charge is 0.390 e. The summed E-state index contributed by atoms with van der Waals surface area (Å²) in [6.45, 7) is 5.89. The second-order valence-electron chi connectivity index (χ2n) is 5.08. The molecule has 1 aromatic rings. The van der Waals surface area contributed by atoms with Gasteiger partial charge in [-0.3, -0.25) is 0 Å². The Hall–Kier alpha value is -0.940. The number of hydrogen-bond donors (Lipinski definition) is 1. The third-order valence-electron chi connectivity index (χ3n) is 3.02. The maximum Gasteiger partial charge on any atom is 0.138 e. The molecule has 2 rings (SSSR count). The van der Waals surface area contributed by atoms with E-state index >= 15 is 0 Å². The molecule has 0 spiro atoms. The normalized spacial score (nSPS) is 22.2. The number of aliphatic hydroxyl groups is 1. The SMILES string of the molecule is CC(C)Cn1ncnc1CC(O)C1CCCO1. The highest BCUT2D eigenvalue weighted by Gasteiger charge is 2.25. The number of hydrogen-bond acceptors (Lipinski definition) is 4. The van der Waals surface area contributed by atoms with Crippen molar-refractivity contribution >= 4 is 0 Å². The Morgan fingerprint density at radius 3 is 3.06 bits per heavy atom. The quantitative estimate of drug-likeness (QED) is 0.833. The average Bonchev–Trinajstić information content (AvgIpc) is 2.89. The van der Waals surface area contributed by atoms with Gasteiger partial charge in [0.05, 0.1) is 12.2 Å². The molecule has 0 amide bonds. The predicted octanol–water partition coefficient (Wildman–Crippen LogP) is 1.02. The zero-order valence-corrected chi connectivity index (χ0v) is 10.5. The van der Waals surface area contributed by atoms with E-state index in [-0.39, 0.29) is 6.10 Å². The third kappa shape index (κ3) is 3.26. The molecule has 5 heteroatoms. The molecule has 2 atom stereocenters. The first kappa shape index (κ1) is 12.5. The van der Waals surface area contributed by atoms with Crippen molar-refractivity contribution < 1.29 is 9.84 Å². The molecular formula is C12H21N3O2. The van der Waals surface area contributed by atoms with E-state index in [1.807, 2.05) is 4.68 Å². The van der Waals surface area contributed by atoms with Crippen LogP contribution in [0.5, 0.6) is 0 Å². The second kappa shape index (κ2) is 5.60. The van der Waals surface area contributed by atoms with Crippen LogP contribution in [0.3, 0.4) is 0 Å². The Labute approximate surface area is 102 Å². The van der Waals surface area contributed by atoms with Gasteiger partial charge in [0.25, 0.3) is 0 Å². The van der Waals surface area contributed by atoms with Crippen LogP contribution in [-0.4, -0.2) is 38.7 Å². The molecule has 0 radical (unpaired) electrons. The number of ether oxygens (including phenoxy) is 1. The lowest BCUT2D eigenvalue weighted by molar-refractivity contribution is -0.00222. The molecule has 1 aliphatic rings. The molecule has 2 unspecified atom stereocenters. The minimum absolute atomic E-state index is 0.0285. The fourth-order valence-corrected chi connectivity index (χ4v) is 2.17.